The lowest BCUT2D eigenvalue weighted by atomic mass is 9.87. The number of carboxylic acids is 1. The Bertz CT molecular complexity index is 870. The maximum absolute atomic E-state index is 11.3. The molecule has 0 bridgehead atoms. The van der Waals surface area contributed by atoms with Gasteiger partial charge in [-0.3, -0.25) is 4.79 Å². The van der Waals surface area contributed by atoms with Crippen LogP contribution >= 0.6 is 0 Å². The molecule has 1 aliphatic heterocycles. The van der Waals surface area contributed by atoms with Crippen molar-refractivity contribution in [2.24, 2.45) is 5.92 Å². The van der Waals surface area contributed by atoms with Crippen molar-refractivity contribution in [2.75, 3.05) is 19.6 Å². The van der Waals surface area contributed by atoms with E-state index in [1.807, 2.05) is 0 Å². The second-order valence-corrected chi connectivity index (χ2v) is 8.11. The molecule has 2 aromatic rings. The quantitative estimate of drug-likeness (QED) is 0.808. The third-order valence-electron chi connectivity index (χ3n) is 6.19. The minimum absolute atomic E-state index is 0.193. The number of likely N-dealkylation sites (tertiary alicyclic amines) is 1. The molecule has 0 saturated carbocycles. The standard InChI is InChI=1S/C25H29NO2/c27-25(28)23-11-6-16-26(18-23)15-5-10-22-17-21-9-2-1-7-19(21)13-14-20-8-3-4-12-24(20)22/h1-4,7-9,12,17,23H,5-6,10-11,13-16,18H2,(H,27,28)/b22-17-. The molecular formula is C25H29NO2. The van der Waals surface area contributed by atoms with Gasteiger partial charge in [0.25, 0.3) is 0 Å². The lowest BCUT2D eigenvalue weighted by Gasteiger charge is -2.30. The molecule has 0 amide bonds. The summed E-state index contributed by atoms with van der Waals surface area (Å²) in [6, 6.07) is 17.5. The molecule has 1 fully saturated rings. The third kappa shape index (κ3) is 4.36. The van der Waals surface area contributed by atoms with Crippen LogP contribution in [0.1, 0.15) is 47.9 Å². The fourth-order valence-corrected chi connectivity index (χ4v) is 4.65. The van der Waals surface area contributed by atoms with Crippen LogP contribution in [-0.2, 0) is 17.6 Å². The number of benzene rings is 2. The van der Waals surface area contributed by atoms with E-state index in [-0.39, 0.29) is 5.92 Å². The van der Waals surface area contributed by atoms with Gasteiger partial charge in [0.1, 0.15) is 0 Å². The van der Waals surface area contributed by atoms with Gasteiger partial charge in [-0.25, -0.2) is 0 Å². The van der Waals surface area contributed by atoms with E-state index >= 15 is 0 Å². The van der Waals surface area contributed by atoms with Crippen LogP contribution in [0.15, 0.2) is 48.5 Å². The monoisotopic (exact) mass is 375 g/mol. The zero-order valence-corrected chi connectivity index (χ0v) is 16.4. The number of hydrogen-bond acceptors (Lipinski definition) is 2. The molecule has 0 aromatic heterocycles. The number of carboxylic acid groups (broad SMARTS) is 1. The van der Waals surface area contributed by atoms with Gasteiger partial charge < -0.3 is 10.0 Å². The van der Waals surface area contributed by atoms with Crippen LogP contribution in [0.4, 0.5) is 0 Å². The predicted octanol–water partition coefficient (Wildman–Crippen LogP) is 4.90. The van der Waals surface area contributed by atoms with Gasteiger partial charge in [0, 0.05) is 6.54 Å². The summed E-state index contributed by atoms with van der Waals surface area (Å²) in [5, 5.41) is 9.31. The SMILES string of the molecule is O=C(O)C1CCCN(CCC/C2=C/c3ccccc3CCc3ccccc32)C1. The first kappa shape index (κ1) is 18.9. The smallest absolute Gasteiger partial charge is 0.307 e. The second-order valence-electron chi connectivity index (χ2n) is 8.11. The highest BCUT2D eigenvalue weighted by Crippen LogP contribution is 2.31. The number of fused-ring (bicyclic) bond motifs is 2. The summed E-state index contributed by atoms with van der Waals surface area (Å²) in [6.45, 7) is 2.71. The van der Waals surface area contributed by atoms with Gasteiger partial charge in [0.2, 0.25) is 0 Å². The Kier molecular flexibility index (Phi) is 5.92. The van der Waals surface area contributed by atoms with Crippen LogP contribution < -0.4 is 0 Å². The first-order valence-electron chi connectivity index (χ1n) is 10.5. The van der Waals surface area contributed by atoms with Gasteiger partial charge in [-0.05, 0) is 79.4 Å². The molecule has 1 aliphatic carbocycles. The average molecular weight is 376 g/mol. The fourth-order valence-electron chi connectivity index (χ4n) is 4.65. The van der Waals surface area contributed by atoms with Gasteiger partial charge in [-0.15, -0.1) is 0 Å². The molecule has 3 nitrogen and oxygen atoms in total. The van der Waals surface area contributed by atoms with E-state index in [2.05, 4.69) is 59.5 Å². The molecule has 2 aliphatic rings. The van der Waals surface area contributed by atoms with Crippen LogP contribution in [-0.4, -0.2) is 35.6 Å². The van der Waals surface area contributed by atoms with Crippen molar-refractivity contribution in [3.63, 3.8) is 0 Å². The van der Waals surface area contributed by atoms with Crippen LogP contribution in [0, 0.1) is 5.92 Å². The summed E-state index contributed by atoms with van der Waals surface area (Å²) >= 11 is 0. The summed E-state index contributed by atoms with van der Waals surface area (Å²) < 4.78 is 0. The second kappa shape index (κ2) is 8.74. The van der Waals surface area contributed by atoms with Crippen molar-refractivity contribution >= 4 is 17.6 Å². The number of piperidine rings is 1. The number of aryl methyl sites for hydroxylation is 2. The number of hydrogen-bond donors (Lipinski definition) is 1. The van der Waals surface area contributed by atoms with Gasteiger partial charge in [0.05, 0.1) is 5.92 Å². The molecule has 4 rings (SSSR count). The molecule has 28 heavy (non-hydrogen) atoms. The Hall–Kier alpha value is -2.39. The van der Waals surface area contributed by atoms with Crippen LogP contribution in [0.25, 0.3) is 11.6 Å². The van der Waals surface area contributed by atoms with Crippen LogP contribution in [0.2, 0.25) is 0 Å². The summed E-state index contributed by atoms with van der Waals surface area (Å²) in [7, 11) is 0. The van der Waals surface area contributed by atoms with E-state index in [0.717, 1.165) is 51.6 Å². The first-order valence-corrected chi connectivity index (χ1v) is 10.5. The summed E-state index contributed by atoms with van der Waals surface area (Å²) in [5.41, 5.74) is 7.01. The number of rotatable bonds is 5. The van der Waals surface area contributed by atoms with E-state index in [1.165, 1.54) is 27.8 Å². The number of allylic oxidation sites excluding steroid dienone is 1. The third-order valence-corrected chi connectivity index (χ3v) is 6.19. The van der Waals surface area contributed by atoms with Crippen molar-refractivity contribution in [1.29, 1.82) is 0 Å². The summed E-state index contributed by atoms with van der Waals surface area (Å²) in [6.07, 6.45) is 8.45. The van der Waals surface area contributed by atoms with E-state index < -0.39 is 5.97 Å². The molecule has 0 spiro atoms. The lowest BCUT2D eigenvalue weighted by molar-refractivity contribution is -0.143. The molecule has 1 heterocycles. The predicted molar refractivity (Wildman–Crippen MR) is 114 cm³/mol. The molecule has 0 radical (unpaired) electrons. The van der Waals surface area contributed by atoms with E-state index in [1.54, 1.807) is 0 Å². The highest BCUT2D eigenvalue weighted by Gasteiger charge is 2.25. The Balaban J connectivity index is 1.50. The maximum Gasteiger partial charge on any atom is 0.307 e. The van der Waals surface area contributed by atoms with Gasteiger partial charge >= 0.3 is 5.97 Å². The highest BCUT2D eigenvalue weighted by molar-refractivity contribution is 5.84. The van der Waals surface area contributed by atoms with E-state index in [9.17, 15) is 9.90 Å². The zero-order chi connectivity index (χ0) is 19.3. The molecule has 1 saturated heterocycles. The van der Waals surface area contributed by atoms with E-state index in [0.29, 0.717) is 6.54 Å². The van der Waals surface area contributed by atoms with Crippen LogP contribution in [0.3, 0.4) is 0 Å². The molecule has 1 atom stereocenters. The van der Waals surface area contributed by atoms with Crippen molar-refractivity contribution in [3.8, 4) is 0 Å². The van der Waals surface area contributed by atoms with Crippen molar-refractivity contribution in [2.45, 2.75) is 38.5 Å². The topological polar surface area (TPSA) is 40.5 Å². The van der Waals surface area contributed by atoms with Crippen molar-refractivity contribution in [3.05, 3.63) is 70.8 Å². The molecule has 146 valence electrons. The van der Waals surface area contributed by atoms with E-state index in [4.69, 9.17) is 0 Å². The zero-order valence-electron chi connectivity index (χ0n) is 16.4. The summed E-state index contributed by atoms with van der Waals surface area (Å²) in [4.78, 5) is 13.6. The largest absolute Gasteiger partial charge is 0.481 e. The Morgan fingerprint density at radius 3 is 2.64 bits per heavy atom. The minimum atomic E-state index is -0.641. The number of nitrogens with zero attached hydrogens (tertiary/aromatic N) is 1. The molecule has 3 heteroatoms. The van der Waals surface area contributed by atoms with Gasteiger partial charge in [0.15, 0.2) is 0 Å². The summed E-state index contributed by atoms with van der Waals surface area (Å²) in [5.74, 6) is -0.833. The lowest BCUT2D eigenvalue weighted by Crippen LogP contribution is -2.39. The molecule has 1 unspecified atom stereocenters. The first-order chi connectivity index (χ1) is 13.7. The molecular weight excluding hydrogens is 346 g/mol. The van der Waals surface area contributed by atoms with Crippen molar-refractivity contribution in [1.82, 2.24) is 4.90 Å². The molecule has 2 aromatic carbocycles. The fraction of sp³-hybridized carbons (Fsp3) is 0.400. The maximum atomic E-state index is 11.3. The average Bonchev–Trinajstić information content (AvgIpc) is 2.71. The Morgan fingerprint density at radius 1 is 1.04 bits per heavy atom. The van der Waals surface area contributed by atoms with Gasteiger partial charge in [-0.1, -0.05) is 54.6 Å². The highest BCUT2D eigenvalue weighted by atomic mass is 16.4. The van der Waals surface area contributed by atoms with Crippen molar-refractivity contribution < 1.29 is 9.90 Å². The number of carbonyl (C=O) groups is 1. The van der Waals surface area contributed by atoms with Gasteiger partial charge in [-0.2, -0.15) is 0 Å². The normalized spacial score (nSPS) is 21.6. The Morgan fingerprint density at radius 2 is 1.79 bits per heavy atom. The number of aliphatic carboxylic acids is 1. The molecule has 1 N–H and O–H groups in total. The minimum Gasteiger partial charge on any atom is -0.481 e. The van der Waals surface area contributed by atoms with Crippen LogP contribution in [0.5, 0.6) is 0 Å². The Labute approximate surface area is 167 Å².